The van der Waals surface area contributed by atoms with Crippen molar-refractivity contribution < 1.29 is 9.53 Å². The maximum absolute atomic E-state index is 12.7. The summed E-state index contributed by atoms with van der Waals surface area (Å²) in [6, 6.07) is 10.9. The minimum atomic E-state index is -0.211. The molecule has 2 heterocycles. The Morgan fingerprint density at radius 3 is 2.71 bits per heavy atom. The highest BCUT2D eigenvalue weighted by Gasteiger charge is 2.30. The number of hydrogen-bond acceptors (Lipinski definition) is 4. The second-order valence-corrected chi connectivity index (χ2v) is 5.93. The van der Waals surface area contributed by atoms with Crippen LogP contribution in [0.1, 0.15) is 22.0 Å². The van der Waals surface area contributed by atoms with Crippen molar-refractivity contribution in [2.75, 3.05) is 33.8 Å². The molecule has 1 aromatic heterocycles. The SMILES string of the molecule is COc1ccccc1C1CN(C(=O)c2ccc(=O)[nH]c2)CCN1C. The first-order valence-electron chi connectivity index (χ1n) is 7.91. The molecule has 0 bridgehead atoms. The topological polar surface area (TPSA) is 65.6 Å². The van der Waals surface area contributed by atoms with Crippen LogP contribution in [-0.2, 0) is 0 Å². The van der Waals surface area contributed by atoms with Gasteiger partial charge in [0.1, 0.15) is 5.75 Å². The van der Waals surface area contributed by atoms with Crippen molar-refractivity contribution in [3.8, 4) is 5.75 Å². The second-order valence-electron chi connectivity index (χ2n) is 5.93. The van der Waals surface area contributed by atoms with Crippen molar-refractivity contribution in [1.29, 1.82) is 0 Å². The fraction of sp³-hybridized carbons (Fsp3) is 0.333. The molecule has 1 aliphatic rings. The fourth-order valence-corrected chi connectivity index (χ4v) is 3.06. The number of amides is 1. The number of methoxy groups -OCH3 is 1. The smallest absolute Gasteiger partial charge is 0.255 e. The van der Waals surface area contributed by atoms with Crippen LogP contribution in [0.15, 0.2) is 47.4 Å². The Labute approximate surface area is 140 Å². The van der Waals surface area contributed by atoms with Crippen molar-refractivity contribution in [2.24, 2.45) is 0 Å². The second kappa shape index (κ2) is 6.88. The van der Waals surface area contributed by atoms with Gasteiger partial charge in [-0.3, -0.25) is 14.5 Å². The van der Waals surface area contributed by atoms with Gasteiger partial charge in [0, 0.05) is 37.5 Å². The Balaban J connectivity index is 1.84. The minimum absolute atomic E-state index is 0.0701. The van der Waals surface area contributed by atoms with Crippen LogP contribution in [0.25, 0.3) is 0 Å². The summed E-state index contributed by atoms with van der Waals surface area (Å²) in [4.78, 5) is 30.5. The summed E-state index contributed by atoms with van der Waals surface area (Å²) >= 11 is 0. The van der Waals surface area contributed by atoms with Crippen LogP contribution >= 0.6 is 0 Å². The van der Waals surface area contributed by atoms with Gasteiger partial charge in [-0.05, 0) is 19.2 Å². The first-order valence-corrected chi connectivity index (χ1v) is 7.91. The number of nitrogens with one attached hydrogen (secondary N) is 1. The van der Waals surface area contributed by atoms with Gasteiger partial charge in [0.2, 0.25) is 5.56 Å². The lowest BCUT2D eigenvalue weighted by atomic mass is 10.0. The average molecular weight is 327 g/mol. The third kappa shape index (κ3) is 3.19. The maximum atomic E-state index is 12.7. The van der Waals surface area contributed by atoms with Crippen LogP contribution in [0, 0.1) is 0 Å². The first-order chi connectivity index (χ1) is 11.6. The normalized spacial score (nSPS) is 18.4. The van der Waals surface area contributed by atoms with E-state index in [0.717, 1.165) is 17.9 Å². The van der Waals surface area contributed by atoms with E-state index in [0.29, 0.717) is 18.7 Å². The van der Waals surface area contributed by atoms with Crippen molar-refractivity contribution in [3.63, 3.8) is 0 Å². The molecule has 126 valence electrons. The van der Waals surface area contributed by atoms with Crippen molar-refractivity contribution in [2.45, 2.75) is 6.04 Å². The third-order valence-corrected chi connectivity index (χ3v) is 4.46. The molecule has 0 saturated carbocycles. The van der Waals surface area contributed by atoms with Crippen LogP contribution in [0.3, 0.4) is 0 Å². The number of pyridine rings is 1. The molecule has 0 aliphatic carbocycles. The van der Waals surface area contributed by atoms with E-state index in [9.17, 15) is 9.59 Å². The lowest BCUT2D eigenvalue weighted by Crippen LogP contribution is -2.49. The number of aromatic amines is 1. The zero-order valence-electron chi connectivity index (χ0n) is 13.9. The Hall–Kier alpha value is -2.60. The molecule has 1 aromatic carbocycles. The number of nitrogens with zero attached hydrogens (tertiary/aromatic N) is 2. The van der Waals surface area contributed by atoms with Crippen LogP contribution in [0.2, 0.25) is 0 Å². The largest absolute Gasteiger partial charge is 0.496 e. The molecule has 1 unspecified atom stereocenters. The zero-order valence-corrected chi connectivity index (χ0v) is 13.9. The molecule has 1 N–H and O–H groups in total. The van der Waals surface area contributed by atoms with Gasteiger partial charge < -0.3 is 14.6 Å². The molecule has 0 spiro atoms. The van der Waals surface area contributed by atoms with E-state index < -0.39 is 0 Å². The van der Waals surface area contributed by atoms with Crippen molar-refractivity contribution in [3.05, 3.63) is 64.1 Å². The number of para-hydroxylation sites is 1. The van der Waals surface area contributed by atoms with Crippen molar-refractivity contribution in [1.82, 2.24) is 14.8 Å². The van der Waals surface area contributed by atoms with E-state index in [1.807, 2.05) is 29.2 Å². The Morgan fingerprint density at radius 2 is 2.00 bits per heavy atom. The highest BCUT2D eigenvalue weighted by molar-refractivity contribution is 5.94. The number of aromatic nitrogens is 1. The molecule has 1 fully saturated rings. The molecule has 0 radical (unpaired) electrons. The van der Waals surface area contributed by atoms with Crippen LogP contribution in [0.4, 0.5) is 0 Å². The van der Waals surface area contributed by atoms with Gasteiger partial charge in [-0.25, -0.2) is 0 Å². The molecule has 1 saturated heterocycles. The first kappa shape index (κ1) is 16.3. The molecule has 1 amide bonds. The number of likely N-dealkylation sites (N-methyl/N-ethyl adjacent to an activating group) is 1. The molecule has 6 heteroatoms. The van der Waals surface area contributed by atoms with E-state index in [1.165, 1.54) is 12.3 Å². The number of rotatable bonds is 3. The fourth-order valence-electron chi connectivity index (χ4n) is 3.06. The Morgan fingerprint density at radius 1 is 1.21 bits per heavy atom. The van der Waals surface area contributed by atoms with Gasteiger partial charge in [-0.1, -0.05) is 18.2 Å². The summed E-state index contributed by atoms with van der Waals surface area (Å²) in [5.74, 6) is 0.756. The predicted molar refractivity (Wildman–Crippen MR) is 91.3 cm³/mol. The van der Waals surface area contributed by atoms with Crippen molar-refractivity contribution >= 4 is 5.91 Å². The van der Waals surface area contributed by atoms with E-state index >= 15 is 0 Å². The molecular weight excluding hydrogens is 306 g/mol. The molecule has 2 aromatic rings. The number of ether oxygens (including phenoxy) is 1. The lowest BCUT2D eigenvalue weighted by molar-refractivity contribution is 0.0542. The summed E-state index contributed by atoms with van der Waals surface area (Å²) in [7, 11) is 3.71. The summed E-state index contributed by atoms with van der Waals surface area (Å²) in [5.41, 5.74) is 1.36. The molecular formula is C18H21N3O3. The summed E-state index contributed by atoms with van der Waals surface area (Å²) in [6.07, 6.45) is 1.47. The Bertz CT molecular complexity index is 767. The zero-order chi connectivity index (χ0) is 17.1. The monoisotopic (exact) mass is 327 g/mol. The quantitative estimate of drug-likeness (QED) is 0.928. The summed E-state index contributed by atoms with van der Waals surface area (Å²) in [6.45, 7) is 2.01. The third-order valence-electron chi connectivity index (χ3n) is 4.46. The highest BCUT2D eigenvalue weighted by Crippen LogP contribution is 2.31. The van der Waals surface area contributed by atoms with Gasteiger partial charge >= 0.3 is 0 Å². The van der Waals surface area contributed by atoms with Gasteiger partial charge in [-0.2, -0.15) is 0 Å². The molecule has 6 nitrogen and oxygen atoms in total. The van der Waals surface area contributed by atoms with E-state index in [4.69, 9.17) is 4.74 Å². The van der Waals surface area contributed by atoms with Gasteiger partial charge in [-0.15, -0.1) is 0 Å². The number of benzene rings is 1. The van der Waals surface area contributed by atoms with E-state index in [1.54, 1.807) is 13.2 Å². The summed E-state index contributed by atoms with van der Waals surface area (Å²) < 4.78 is 5.47. The number of carbonyl (C=O) groups is 1. The molecule has 1 aliphatic heterocycles. The summed E-state index contributed by atoms with van der Waals surface area (Å²) in [5, 5.41) is 0. The average Bonchev–Trinajstić information content (AvgIpc) is 2.62. The maximum Gasteiger partial charge on any atom is 0.255 e. The van der Waals surface area contributed by atoms with Gasteiger partial charge in [0.25, 0.3) is 5.91 Å². The molecule has 1 atom stereocenters. The number of H-pyrrole nitrogens is 1. The van der Waals surface area contributed by atoms with E-state index in [-0.39, 0.29) is 17.5 Å². The van der Waals surface area contributed by atoms with Crippen LogP contribution in [0.5, 0.6) is 5.75 Å². The van der Waals surface area contributed by atoms with Gasteiger partial charge in [0.05, 0.1) is 18.7 Å². The van der Waals surface area contributed by atoms with Crippen LogP contribution < -0.4 is 10.3 Å². The number of hydrogen-bond donors (Lipinski definition) is 1. The Kier molecular flexibility index (Phi) is 4.66. The van der Waals surface area contributed by atoms with Gasteiger partial charge in [0.15, 0.2) is 0 Å². The standard InChI is InChI=1S/C18H21N3O3/c1-20-9-10-21(18(23)13-7-8-17(22)19-11-13)12-15(20)14-5-3-4-6-16(14)24-2/h3-8,11,15H,9-10,12H2,1-2H3,(H,19,22). The predicted octanol–water partition coefficient (Wildman–Crippen LogP) is 1.51. The number of piperazine rings is 1. The highest BCUT2D eigenvalue weighted by atomic mass is 16.5. The minimum Gasteiger partial charge on any atom is -0.496 e. The van der Waals surface area contributed by atoms with E-state index in [2.05, 4.69) is 16.9 Å². The lowest BCUT2D eigenvalue weighted by Gasteiger charge is -2.40. The molecule has 3 rings (SSSR count). The number of carbonyl (C=O) groups excluding carboxylic acids is 1. The van der Waals surface area contributed by atoms with Crippen LogP contribution in [-0.4, -0.2) is 54.5 Å². The molecule has 24 heavy (non-hydrogen) atoms.